The third-order valence-corrected chi connectivity index (χ3v) is 9.29. The molecule has 2 heterocycles. The molecule has 0 aromatic heterocycles. The summed E-state index contributed by atoms with van der Waals surface area (Å²) >= 11 is 0. The van der Waals surface area contributed by atoms with Gasteiger partial charge in [0.05, 0.1) is 5.75 Å². The number of hydrogen-bond acceptors (Lipinski definition) is 3. The molecule has 0 aromatic rings. The number of sulfonamides is 1. The van der Waals surface area contributed by atoms with E-state index in [1.54, 1.807) is 4.31 Å². The highest BCUT2D eigenvalue weighted by Gasteiger charge is 2.36. The van der Waals surface area contributed by atoms with Crippen LogP contribution in [0.4, 0.5) is 0 Å². The Hall–Kier alpha value is -1.04. The zero-order valence-electron chi connectivity index (χ0n) is 17.2. The zero-order chi connectivity index (χ0) is 19.6. The molecule has 3 fully saturated rings. The molecular weight excluding hydrogens is 372 g/mol. The number of likely N-dealkylation sites (tertiary alicyclic amines) is 1. The SMILES string of the molecule is O=C(CCCS(=O)(=O)N1CCCC2CCCC=C21)N1CCCC2CCCCC21. The summed E-state index contributed by atoms with van der Waals surface area (Å²) in [5.74, 6) is 1.39. The Balaban J connectivity index is 1.32. The van der Waals surface area contributed by atoms with E-state index in [4.69, 9.17) is 0 Å². The van der Waals surface area contributed by atoms with Gasteiger partial charge in [0, 0.05) is 31.2 Å². The molecule has 1 amide bonds. The predicted molar refractivity (Wildman–Crippen MR) is 111 cm³/mol. The summed E-state index contributed by atoms with van der Waals surface area (Å²) in [5, 5.41) is 0. The summed E-state index contributed by atoms with van der Waals surface area (Å²) in [6.45, 7) is 1.49. The maximum absolute atomic E-state index is 13.0. The largest absolute Gasteiger partial charge is 0.339 e. The number of allylic oxidation sites excluding steroid dienone is 2. The van der Waals surface area contributed by atoms with Gasteiger partial charge in [-0.1, -0.05) is 18.9 Å². The van der Waals surface area contributed by atoms with Crippen molar-refractivity contribution in [1.82, 2.24) is 9.21 Å². The van der Waals surface area contributed by atoms with Gasteiger partial charge in [0.1, 0.15) is 0 Å². The first-order chi connectivity index (χ1) is 13.6. The lowest BCUT2D eigenvalue weighted by molar-refractivity contribution is -0.137. The molecule has 6 heteroatoms. The molecule has 2 aliphatic carbocycles. The van der Waals surface area contributed by atoms with E-state index in [1.165, 1.54) is 32.1 Å². The number of carbonyl (C=O) groups excluding carboxylic acids is 1. The molecule has 5 nitrogen and oxygen atoms in total. The Bertz CT molecular complexity index is 701. The molecule has 0 N–H and O–H groups in total. The lowest BCUT2D eigenvalue weighted by atomic mass is 9.78. The lowest BCUT2D eigenvalue weighted by Crippen LogP contribution is -2.49. The highest BCUT2D eigenvalue weighted by atomic mass is 32.2. The van der Waals surface area contributed by atoms with Crippen LogP contribution in [0.25, 0.3) is 0 Å². The van der Waals surface area contributed by atoms with Crippen molar-refractivity contribution in [3.8, 4) is 0 Å². The average Bonchev–Trinajstić information content (AvgIpc) is 2.72. The smallest absolute Gasteiger partial charge is 0.234 e. The first-order valence-electron chi connectivity index (χ1n) is 11.6. The van der Waals surface area contributed by atoms with Gasteiger partial charge in [-0.15, -0.1) is 0 Å². The summed E-state index contributed by atoms with van der Waals surface area (Å²) in [7, 11) is -3.31. The molecule has 3 unspecified atom stereocenters. The van der Waals surface area contributed by atoms with Crippen LogP contribution >= 0.6 is 0 Å². The average molecular weight is 409 g/mol. The van der Waals surface area contributed by atoms with Crippen molar-refractivity contribution in [2.24, 2.45) is 11.8 Å². The van der Waals surface area contributed by atoms with E-state index in [2.05, 4.69) is 11.0 Å². The topological polar surface area (TPSA) is 57.7 Å². The lowest BCUT2D eigenvalue weighted by Gasteiger charge is -2.44. The van der Waals surface area contributed by atoms with Crippen LogP contribution in [0.3, 0.4) is 0 Å². The van der Waals surface area contributed by atoms with E-state index >= 15 is 0 Å². The second kappa shape index (κ2) is 8.76. The van der Waals surface area contributed by atoms with Gasteiger partial charge < -0.3 is 4.90 Å². The van der Waals surface area contributed by atoms with Gasteiger partial charge >= 0.3 is 0 Å². The van der Waals surface area contributed by atoms with Gasteiger partial charge in [-0.2, -0.15) is 0 Å². The molecule has 0 radical (unpaired) electrons. The number of carbonyl (C=O) groups is 1. The first kappa shape index (κ1) is 20.2. The van der Waals surface area contributed by atoms with Crippen LogP contribution in [0.15, 0.2) is 11.8 Å². The van der Waals surface area contributed by atoms with Gasteiger partial charge in [0.25, 0.3) is 0 Å². The summed E-state index contributed by atoms with van der Waals surface area (Å²) in [5.41, 5.74) is 1.05. The summed E-state index contributed by atoms with van der Waals surface area (Å²) in [4.78, 5) is 14.9. The minimum absolute atomic E-state index is 0.102. The Labute approximate surface area is 170 Å². The molecule has 4 aliphatic rings. The van der Waals surface area contributed by atoms with Crippen LogP contribution < -0.4 is 0 Å². The Morgan fingerprint density at radius 2 is 1.71 bits per heavy atom. The van der Waals surface area contributed by atoms with Crippen molar-refractivity contribution in [2.45, 2.75) is 89.5 Å². The molecule has 1 saturated carbocycles. The zero-order valence-corrected chi connectivity index (χ0v) is 18.0. The summed E-state index contributed by atoms with van der Waals surface area (Å²) in [6.07, 6.45) is 15.6. The van der Waals surface area contributed by atoms with E-state index in [-0.39, 0.29) is 11.7 Å². The Morgan fingerprint density at radius 1 is 0.964 bits per heavy atom. The summed E-state index contributed by atoms with van der Waals surface area (Å²) in [6, 6.07) is 0.418. The molecule has 3 atom stereocenters. The minimum atomic E-state index is -3.31. The van der Waals surface area contributed by atoms with Crippen LogP contribution in [0.5, 0.6) is 0 Å². The van der Waals surface area contributed by atoms with Gasteiger partial charge in [-0.3, -0.25) is 9.10 Å². The van der Waals surface area contributed by atoms with E-state index in [1.807, 2.05) is 0 Å². The third kappa shape index (κ3) is 4.27. The van der Waals surface area contributed by atoms with E-state index < -0.39 is 10.0 Å². The van der Waals surface area contributed by atoms with Crippen LogP contribution in [-0.4, -0.2) is 48.4 Å². The standard InChI is InChI=1S/C22H36N2O3S/c25-22(23-15-5-10-18-8-1-3-12-20(18)23)14-7-17-28(26,27)24-16-6-11-19-9-2-4-13-21(19)24/h13,18-20H,1-12,14-17H2. The number of fused-ring (bicyclic) bond motifs is 2. The molecule has 158 valence electrons. The van der Waals surface area contributed by atoms with Gasteiger partial charge in [-0.25, -0.2) is 8.42 Å². The molecule has 4 rings (SSSR count). The molecule has 2 saturated heterocycles. The van der Waals surface area contributed by atoms with Crippen molar-refractivity contribution in [3.63, 3.8) is 0 Å². The normalized spacial score (nSPS) is 31.0. The Morgan fingerprint density at radius 3 is 2.61 bits per heavy atom. The van der Waals surface area contributed by atoms with Crippen LogP contribution in [0.1, 0.15) is 83.5 Å². The van der Waals surface area contributed by atoms with Crippen molar-refractivity contribution in [3.05, 3.63) is 11.8 Å². The van der Waals surface area contributed by atoms with Gasteiger partial charge in [0.15, 0.2) is 0 Å². The van der Waals surface area contributed by atoms with Crippen molar-refractivity contribution >= 4 is 15.9 Å². The summed E-state index contributed by atoms with van der Waals surface area (Å²) < 4.78 is 27.7. The number of nitrogens with zero attached hydrogens (tertiary/aromatic N) is 2. The number of amides is 1. The van der Waals surface area contributed by atoms with E-state index in [0.29, 0.717) is 37.3 Å². The van der Waals surface area contributed by atoms with Gasteiger partial charge in [0.2, 0.25) is 15.9 Å². The quantitative estimate of drug-likeness (QED) is 0.689. The monoisotopic (exact) mass is 408 g/mol. The fourth-order valence-corrected chi connectivity index (χ4v) is 7.71. The van der Waals surface area contributed by atoms with E-state index in [9.17, 15) is 13.2 Å². The van der Waals surface area contributed by atoms with Crippen LogP contribution in [0, 0.1) is 11.8 Å². The molecule has 0 bridgehead atoms. The fourth-order valence-electron chi connectivity index (χ4n) is 6.03. The maximum atomic E-state index is 13.0. The van der Waals surface area contributed by atoms with Crippen molar-refractivity contribution in [2.75, 3.05) is 18.8 Å². The van der Waals surface area contributed by atoms with Gasteiger partial charge in [-0.05, 0) is 76.0 Å². The number of rotatable bonds is 5. The third-order valence-electron chi connectivity index (χ3n) is 7.42. The number of piperidine rings is 2. The molecule has 0 spiro atoms. The molecular formula is C22H36N2O3S. The molecule has 0 aromatic carbocycles. The number of hydrogen-bond donors (Lipinski definition) is 0. The Kier molecular flexibility index (Phi) is 6.34. The highest BCUT2D eigenvalue weighted by molar-refractivity contribution is 7.89. The molecule has 2 aliphatic heterocycles. The second-order valence-electron chi connectivity index (χ2n) is 9.23. The highest BCUT2D eigenvalue weighted by Crippen LogP contribution is 2.37. The van der Waals surface area contributed by atoms with Crippen LogP contribution in [-0.2, 0) is 14.8 Å². The first-order valence-corrected chi connectivity index (χ1v) is 13.2. The van der Waals surface area contributed by atoms with Crippen LogP contribution in [0.2, 0.25) is 0 Å². The van der Waals surface area contributed by atoms with Crippen molar-refractivity contribution in [1.29, 1.82) is 0 Å². The molecule has 28 heavy (non-hydrogen) atoms. The van der Waals surface area contributed by atoms with Crippen molar-refractivity contribution < 1.29 is 13.2 Å². The fraction of sp³-hybridized carbons (Fsp3) is 0.864. The van der Waals surface area contributed by atoms with E-state index in [0.717, 1.165) is 50.8 Å². The second-order valence-corrected chi connectivity index (χ2v) is 11.2. The predicted octanol–water partition coefficient (Wildman–Crippen LogP) is 4.06. The maximum Gasteiger partial charge on any atom is 0.234 e. The minimum Gasteiger partial charge on any atom is -0.339 e.